The van der Waals surface area contributed by atoms with Crippen molar-refractivity contribution >= 4 is 23.4 Å². The number of anilines is 3. The highest BCUT2D eigenvalue weighted by molar-refractivity contribution is 5.98. The molecule has 0 aliphatic carbocycles. The molecule has 0 spiro atoms. The standard InChI is InChI=1S/C24H28N6O2/c1-2-32-20-10-6-7-18(15-20)16-26-23(31)21-17-27-24(28-22(21)25)30-13-11-29(12-14-30)19-8-4-3-5-9-19/h3-10,15,17H,2,11-14,16H2,1H3,(H,26,31)(H2,25,27,28). The fourth-order valence-corrected chi connectivity index (χ4v) is 3.71. The van der Waals surface area contributed by atoms with Crippen LogP contribution in [0.15, 0.2) is 60.8 Å². The molecule has 1 aromatic heterocycles. The van der Waals surface area contributed by atoms with Crippen molar-refractivity contribution in [3.8, 4) is 5.75 Å². The van der Waals surface area contributed by atoms with Crippen LogP contribution < -0.4 is 25.6 Å². The summed E-state index contributed by atoms with van der Waals surface area (Å²) in [4.78, 5) is 25.9. The molecule has 0 bridgehead atoms. The van der Waals surface area contributed by atoms with E-state index in [0.29, 0.717) is 19.1 Å². The first kappa shape index (κ1) is 21.4. The highest BCUT2D eigenvalue weighted by Gasteiger charge is 2.21. The van der Waals surface area contributed by atoms with Crippen LogP contribution in [0.1, 0.15) is 22.8 Å². The molecule has 8 heteroatoms. The van der Waals surface area contributed by atoms with Crippen molar-refractivity contribution in [3.63, 3.8) is 0 Å². The van der Waals surface area contributed by atoms with Gasteiger partial charge in [0.1, 0.15) is 11.6 Å². The molecule has 4 rings (SSSR count). The van der Waals surface area contributed by atoms with Gasteiger partial charge in [0.05, 0.1) is 12.2 Å². The Hall–Kier alpha value is -3.81. The maximum Gasteiger partial charge on any atom is 0.256 e. The van der Waals surface area contributed by atoms with E-state index in [1.165, 1.54) is 11.9 Å². The minimum absolute atomic E-state index is 0.182. The molecule has 1 amide bonds. The lowest BCUT2D eigenvalue weighted by molar-refractivity contribution is 0.0951. The van der Waals surface area contributed by atoms with E-state index in [-0.39, 0.29) is 17.3 Å². The van der Waals surface area contributed by atoms with Crippen molar-refractivity contribution in [2.45, 2.75) is 13.5 Å². The molecule has 8 nitrogen and oxygen atoms in total. The Morgan fingerprint density at radius 3 is 2.53 bits per heavy atom. The molecule has 3 aromatic rings. The average Bonchev–Trinajstić information content (AvgIpc) is 2.84. The van der Waals surface area contributed by atoms with E-state index in [1.807, 2.05) is 49.4 Å². The molecule has 32 heavy (non-hydrogen) atoms. The number of carbonyl (C=O) groups excluding carboxylic acids is 1. The van der Waals surface area contributed by atoms with Crippen molar-refractivity contribution in [1.29, 1.82) is 0 Å². The van der Waals surface area contributed by atoms with Crippen molar-refractivity contribution in [1.82, 2.24) is 15.3 Å². The van der Waals surface area contributed by atoms with Gasteiger partial charge in [0.2, 0.25) is 5.95 Å². The second-order valence-electron chi connectivity index (χ2n) is 7.54. The SMILES string of the molecule is CCOc1cccc(CNC(=O)c2cnc(N3CCN(c4ccccc4)CC3)nc2N)c1. The van der Waals surface area contributed by atoms with E-state index in [9.17, 15) is 4.79 Å². The van der Waals surface area contributed by atoms with Crippen LogP contribution in [0.3, 0.4) is 0 Å². The number of hydrogen-bond donors (Lipinski definition) is 2. The number of amides is 1. The molecule has 3 N–H and O–H groups in total. The number of piperazine rings is 1. The van der Waals surface area contributed by atoms with Crippen LogP contribution in [-0.2, 0) is 6.54 Å². The van der Waals surface area contributed by atoms with Crippen LogP contribution in [-0.4, -0.2) is 48.7 Å². The number of para-hydroxylation sites is 1. The number of aromatic nitrogens is 2. The van der Waals surface area contributed by atoms with Crippen LogP contribution >= 0.6 is 0 Å². The number of ether oxygens (including phenoxy) is 1. The maximum atomic E-state index is 12.6. The van der Waals surface area contributed by atoms with Gasteiger partial charge in [-0.15, -0.1) is 0 Å². The van der Waals surface area contributed by atoms with E-state index in [0.717, 1.165) is 37.5 Å². The molecule has 1 fully saturated rings. The van der Waals surface area contributed by atoms with Gasteiger partial charge in [-0.2, -0.15) is 4.98 Å². The number of nitrogens with zero attached hydrogens (tertiary/aromatic N) is 4. The summed E-state index contributed by atoms with van der Waals surface area (Å²) in [5.74, 6) is 1.21. The summed E-state index contributed by atoms with van der Waals surface area (Å²) < 4.78 is 5.50. The minimum Gasteiger partial charge on any atom is -0.494 e. The molecular formula is C24H28N6O2. The summed E-state index contributed by atoms with van der Waals surface area (Å²) in [6.45, 7) is 6.21. The molecule has 0 saturated carbocycles. The van der Waals surface area contributed by atoms with E-state index >= 15 is 0 Å². The summed E-state index contributed by atoms with van der Waals surface area (Å²) >= 11 is 0. The first-order valence-electron chi connectivity index (χ1n) is 10.8. The average molecular weight is 433 g/mol. The number of nitrogens with two attached hydrogens (primary N) is 1. The topological polar surface area (TPSA) is 96.6 Å². The molecular weight excluding hydrogens is 404 g/mol. The first-order valence-corrected chi connectivity index (χ1v) is 10.8. The Morgan fingerprint density at radius 1 is 1.06 bits per heavy atom. The molecule has 0 atom stereocenters. The van der Waals surface area contributed by atoms with Crippen LogP contribution in [0.4, 0.5) is 17.5 Å². The summed E-state index contributed by atoms with van der Waals surface area (Å²) in [5.41, 5.74) is 8.54. The van der Waals surface area contributed by atoms with Gasteiger partial charge in [0.15, 0.2) is 0 Å². The van der Waals surface area contributed by atoms with Crippen LogP contribution in [0.25, 0.3) is 0 Å². The molecule has 0 unspecified atom stereocenters. The van der Waals surface area contributed by atoms with Gasteiger partial charge in [-0.05, 0) is 36.8 Å². The molecule has 1 saturated heterocycles. The zero-order chi connectivity index (χ0) is 22.3. The van der Waals surface area contributed by atoms with Crippen molar-refractivity contribution in [2.75, 3.05) is 48.3 Å². The normalized spacial score (nSPS) is 13.7. The van der Waals surface area contributed by atoms with Gasteiger partial charge in [-0.3, -0.25) is 4.79 Å². The summed E-state index contributed by atoms with van der Waals surface area (Å²) in [7, 11) is 0. The number of rotatable bonds is 7. The molecule has 166 valence electrons. The fourth-order valence-electron chi connectivity index (χ4n) is 3.71. The summed E-state index contributed by atoms with van der Waals surface area (Å²) in [6.07, 6.45) is 1.51. The number of benzene rings is 2. The van der Waals surface area contributed by atoms with Crippen LogP contribution in [0.5, 0.6) is 5.75 Å². The smallest absolute Gasteiger partial charge is 0.256 e. The summed E-state index contributed by atoms with van der Waals surface area (Å²) in [5, 5.41) is 2.87. The van der Waals surface area contributed by atoms with Gasteiger partial charge in [0.25, 0.3) is 5.91 Å². The highest BCUT2D eigenvalue weighted by Crippen LogP contribution is 2.20. The zero-order valence-electron chi connectivity index (χ0n) is 18.2. The Bertz CT molecular complexity index is 1050. The van der Waals surface area contributed by atoms with Gasteiger partial charge >= 0.3 is 0 Å². The van der Waals surface area contributed by atoms with Gasteiger partial charge in [-0.1, -0.05) is 30.3 Å². The number of hydrogen-bond acceptors (Lipinski definition) is 7. The van der Waals surface area contributed by atoms with Crippen LogP contribution in [0, 0.1) is 0 Å². The second-order valence-corrected chi connectivity index (χ2v) is 7.54. The molecule has 0 radical (unpaired) electrons. The number of carbonyl (C=O) groups is 1. The number of nitrogens with one attached hydrogen (secondary N) is 1. The Kier molecular flexibility index (Phi) is 6.69. The Balaban J connectivity index is 1.35. The Morgan fingerprint density at radius 2 is 1.81 bits per heavy atom. The van der Waals surface area contributed by atoms with E-state index in [1.54, 1.807) is 0 Å². The lowest BCUT2D eigenvalue weighted by Crippen LogP contribution is -2.47. The lowest BCUT2D eigenvalue weighted by atomic mass is 10.2. The van der Waals surface area contributed by atoms with E-state index < -0.39 is 0 Å². The predicted molar refractivity (Wildman–Crippen MR) is 126 cm³/mol. The monoisotopic (exact) mass is 432 g/mol. The molecule has 2 aromatic carbocycles. The van der Waals surface area contributed by atoms with Crippen molar-refractivity contribution in [2.24, 2.45) is 0 Å². The van der Waals surface area contributed by atoms with Crippen molar-refractivity contribution in [3.05, 3.63) is 71.9 Å². The quantitative estimate of drug-likeness (QED) is 0.592. The van der Waals surface area contributed by atoms with Crippen molar-refractivity contribution < 1.29 is 9.53 Å². The molecule has 2 heterocycles. The fraction of sp³-hybridized carbons (Fsp3) is 0.292. The lowest BCUT2D eigenvalue weighted by Gasteiger charge is -2.36. The third kappa shape index (κ3) is 5.08. The molecule has 1 aliphatic heterocycles. The second kappa shape index (κ2) is 10.00. The van der Waals surface area contributed by atoms with E-state index in [4.69, 9.17) is 10.5 Å². The third-order valence-electron chi connectivity index (χ3n) is 5.40. The third-order valence-corrected chi connectivity index (χ3v) is 5.40. The highest BCUT2D eigenvalue weighted by atomic mass is 16.5. The minimum atomic E-state index is -0.301. The van der Waals surface area contributed by atoms with E-state index in [2.05, 4.69) is 37.2 Å². The largest absolute Gasteiger partial charge is 0.494 e. The summed E-state index contributed by atoms with van der Waals surface area (Å²) in [6, 6.07) is 18.0. The first-order chi connectivity index (χ1) is 15.6. The zero-order valence-corrected chi connectivity index (χ0v) is 18.2. The van der Waals surface area contributed by atoms with Gasteiger partial charge < -0.3 is 25.6 Å². The van der Waals surface area contributed by atoms with Crippen LogP contribution in [0.2, 0.25) is 0 Å². The van der Waals surface area contributed by atoms with Gasteiger partial charge in [-0.25, -0.2) is 4.98 Å². The predicted octanol–water partition coefficient (Wildman–Crippen LogP) is 2.71. The van der Waals surface area contributed by atoms with Gasteiger partial charge in [0, 0.05) is 44.6 Å². The molecule has 1 aliphatic rings. The maximum absolute atomic E-state index is 12.6. The number of nitrogen functional groups attached to an aromatic ring is 1. The Labute approximate surface area is 188 Å².